The lowest BCUT2D eigenvalue weighted by molar-refractivity contribution is 0.109. The van der Waals surface area contributed by atoms with Gasteiger partial charge in [-0.1, -0.05) is 6.92 Å². The van der Waals surface area contributed by atoms with Crippen LogP contribution in [0.3, 0.4) is 0 Å². The topological polar surface area (TPSA) is 62.9 Å². The summed E-state index contributed by atoms with van der Waals surface area (Å²) in [6, 6.07) is 2.02. The highest BCUT2D eigenvalue weighted by Crippen LogP contribution is 2.18. The van der Waals surface area contributed by atoms with E-state index in [1.54, 1.807) is 4.68 Å². The maximum atomic E-state index is 9.29. The van der Waals surface area contributed by atoms with Gasteiger partial charge in [0.15, 0.2) is 0 Å². The SMILES string of the molecule is CCc1nn(C)cc1C(C#N)NCC1CCCO1. The minimum absolute atomic E-state index is 0.252. The number of nitrogens with one attached hydrogen (secondary N) is 1. The molecule has 5 nitrogen and oxygen atoms in total. The summed E-state index contributed by atoms with van der Waals surface area (Å²) in [6.45, 7) is 3.63. The summed E-state index contributed by atoms with van der Waals surface area (Å²) >= 11 is 0. The normalized spacial score (nSPS) is 20.8. The molecule has 1 N–H and O–H groups in total. The molecule has 0 amide bonds. The molecule has 1 aromatic rings. The second-order valence-corrected chi connectivity index (χ2v) is 4.66. The molecule has 1 aliphatic heterocycles. The van der Waals surface area contributed by atoms with E-state index in [1.165, 1.54) is 0 Å². The third-order valence-electron chi connectivity index (χ3n) is 3.29. The number of nitriles is 1. The Labute approximate surface area is 108 Å². The molecule has 0 aromatic carbocycles. The molecular formula is C13H20N4O. The Morgan fingerprint density at radius 1 is 1.72 bits per heavy atom. The summed E-state index contributed by atoms with van der Waals surface area (Å²) in [5.41, 5.74) is 1.98. The number of nitrogens with zero attached hydrogens (tertiary/aromatic N) is 3. The van der Waals surface area contributed by atoms with Gasteiger partial charge < -0.3 is 4.74 Å². The number of aryl methyl sites for hydroxylation is 2. The van der Waals surface area contributed by atoms with Crippen molar-refractivity contribution >= 4 is 0 Å². The number of aromatic nitrogens is 2. The Morgan fingerprint density at radius 2 is 2.56 bits per heavy atom. The lowest BCUT2D eigenvalue weighted by atomic mass is 10.1. The van der Waals surface area contributed by atoms with Crippen LogP contribution in [0.2, 0.25) is 0 Å². The average Bonchev–Trinajstić information content (AvgIpc) is 2.99. The van der Waals surface area contributed by atoms with Crippen LogP contribution in [0, 0.1) is 11.3 Å². The molecule has 0 saturated carbocycles. The quantitative estimate of drug-likeness (QED) is 0.853. The van der Waals surface area contributed by atoms with Crippen molar-refractivity contribution in [2.75, 3.05) is 13.2 Å². The predicted octanol–water partition coefficient (Wildman–Crippen LogP) is 1.32. The minimum atomic E-state index is -0.294. The van der Waals surface area contributed by atoms with Crippen molar-refractivity contribution in [3.63, 3.8) is 0 Å². The Morgan fingerprint density at radius 3 is 3.17 bits per heavy atom. The first-order valence-electron chi connectivity index (χ1n) is 6.51. The van der Waals surface area contributed by atoms with Gasteiger partial charge in [-0.05, 0) is 19.3 Å². The predicted molar refractivity (Wildman–Crippen MR) is 67.9 cm³/mol. The number of hydrogen-bond donors (Lipinski definition) is 1. The molecule has 0 radical (unpaired) electrons. The molecule has 1 fully saturated rings. The number of hydrogen-bond acceptors (Lipinski definition) is 4. The molecule has 0 aliphatic carbocycles. The smallest absolute Gasteiger partial charge is 0.124 e. The minimum Gasteiger partial charge on any atom is -0.377 e. The fourth-order valence-corrected chi connectivity index (χ4v) is 2.35. The van der Waals surface area contributed by atoms with Gasteiger partial charge >= 0.3 is 0 Å². The van der Waals surface area contributed by atoms with E-state index < -0.39 is 0 Å². The third kappa shape index (κ3) is 2.89. The Bertz CT molecular complexity index is 429. The van der Waals surface area contributed by atoms with E-state index in [9.17, 15) is 5.26 Å². The Hall–Kier alpha value is -1.38. The van der Waals surface area contributed by atoms with Crippen LogP contribution in [0.25, 0.3) is 0 Å². The lowest BCUT2D eigenvalue weighted by Gasteiger charge is -2.14. The van der Waals surface area contributed by atoms with Crippen LogP contribution in [0.5, 0.6) is 0 Å². The first-order valence-corrected chi connectivity index (χ1v) is 6.51. The van der Waals surface area contributed by atoms with Gasteiger partial charge in [0.2, 0.25) is 0 Å². The van der Waals surface area contributed by atoms with Crippen LogP contribution in [0.1, 0.15) is 37.1 Å². The van der Waals surface area contributed by atoms with Crippen LogP contribution < -0.4 is 5.32 Å². The maximum Gasteiger partial charge on any atom is 0.124 e. The van der Waals surface area contributed by atoms with Gasteiger partial charge in [0.1, 0.15) is 6.04 Å². The molecule has 2 rings (SSSR count). The molecule has 5 heteroatoms. The molecule has 0 bridgehead atoms. The number of rotatable bonds is 5. The van der Waals surface area contributed by atoms with Gasteiger partial charge in [-0.25, -0.2) is 0 Å². The molecule has 98 valence electrons. The summed E-state index contributed by atoms with van der Waals surface area (Å²) in [5.74, 6) is 0. The highest BCUT2D eigenvalue weighted by atomic mass is 16.5. The second-order valence-electron chi connectivity index (χ2n) is 4.66. The van der Waals surface area contributed by atoms with E-state index in [2.05, 4.69) is 23.4 Å². The molecule has 0 spiro atoms. The van der Waals surface area contributed by atoms with Gasteiger partial charge in [0, 0.05) is 32.0 Å². The first kappa shape index (κ1) is 13.1. The van der Waals surface area contributed by atoms with Crippen LogP contribution >= 0.6 is 0 Å². The average molecular weight is 248 g/mol. The zero-order valence-corrected chi connectivity index (χ0v) is 11.0. The summed E-state index contributed by atoms with van der Waals surface area (Å²) in [4.78, 5) is 0. The van der Waals surface area contributed by atoms with Crippen molar-refractivity contribution in [3.8, 4) is 6.07 Å². The van der Waals surface area contributed by atoms with Crippen molar-refractivity contribution in [2.45, 2.75) is 38.3 Å². The molecule has 2 unspecified atom stereocenters. The van der Waals surface area contributed by atoms with Gasteiger partial charge in [0.25, 0.3) is 0 Å². The Balaban J connectivity index is 2.01. The van der Waals surface area contributed by atoms with E-state index >= 15 is 0 Å². The second kappa shape index (κ2) is 5.98. The van der Waals surface area contributed by atoms with Crippen molar-refractivity contribution < 1.29 is 4.74 Å². The summed E-state index contributed by atoms with van der Waals surface area (Å²) < 4.78 is 7.32. The van der Waals surface area contributed by atoms with E-state index in [0.29, 0.717) is 0 Å². The third-order valence-corrected chi connectivity index (χ3v) is 3.29. The fraction of sp³-hybridized carbons (Fsp3) is 0.692. The van der Waals surface area contributed by atoms with Gasteiger partial charge in [0.05, 0.1) is 17.9 Å². The highest BCUT2D eigenvalue weighted by molar-refractivity contribution is 5.26. The zero-order valence-electron chi connectivity index (χ0n) is 11.0. The van der Waals surface area contributed by atoms with Crippen LogP contribution in [-0.2, 0) is 18.2 Å². The summed E-state index contributed by atoms with van der Waals surface area (Å²) in [7, 11) is 1.89. The molecule has 2 heterocycles. The largest absolute Gasteiger partial charge is 0.377 e. The monoisotopic (exact) mass is 248 g/mol. The molecule has 1 aliphatic rings. The van der Waals surface area contributed by atoms with E-state index in [-0.39, 0.29) is 12.1 Å². The first-order chi connectivity index (χ1) is 8.74. The van der Waals surface area contributed by atoms with Gasteiger partial charge in [-0.15, -0.1) is 0 Å². The van der Waals surface area contributed by atoms with Crippen molar-refractivity contribution in [3.05, 3.63) is 17.5 Å². The fourth-order valence-electron chi connectivity index (χ4n) is 2.35. The summed E-state index contributed by atoms with van der Waals surface area (Å²) in [5, 5.41) is 16.9. The highest BCUT2D eigenvalue weighted by Gasteiger charge is 2.20. The molecule has 1 aromatic heterocycles. The summed E-state index contributed by atoms with van der Waals surface area (Å²) in [6.07, 6.45) is 5.23. The van der Waals surface area contributed by atoms with Crippen molar-refractivity contribution in [1.29, 1.82) is 5.26 Å². The maximum absolute atomic E-state index is 9.29. The molecule has 18 heavy (non-hydrogen) atoms. The van der Waals surface area contributed by atoms with Crippen LogP contribution in [0.15, 0.2) is 6.20 Å². The molecular weight excluding hydrogens is 228 g/mol. The lowest BCUT2D eigenvalue weighted by Crippen LogP contribution is -2.29. The van der Waals surface area contributed by atoms with Gasteiger partial charge in [-0.3, -0.25) is 10.00 Å². The van der Waals surface area contributed by atoms with Crippen LogP contribution in [-0.4, -0.2) is 29.0 Å². The van der Waals surface area contributed by atoms with Gasteiger partial charge in [-0.2, -0.15) is 10.4 Å². The standard InChI is InChI=1S/C13H20N4O/c1-3-12-11(9-17(2)16-12)13(7-14)15-8-10-5-4-6-18-10/h9-10,13,15H,3-6,8H2,1-2H3. The van der Waals surface area contributed by atoms with Crippen molar-refractivity contribution in [1.82, 2.24) is 15.1 Å². The van der Waals surface area contributed by atoms with E-state index in [4.69, 9.17) is 4.74 Å². The van der Waals surface area contributed by atoms with E-state index in [0.717, 1.165) is 43.7 Å². The zero-order chi connectivity index (χ0) is 13.0. The molecule has 1 saturated heterocycles. The molecule has 2 atom stereocenters. The van der Waals surface area contributed by atoms with Crippen LogP contribution in [0.4, 0.5) is 0 Å². The van der Waals surface area contributed by atoms with Crippen molar-refractivity contribution in [2.24, 2.45) is 7.05 Å². The Kier molecular flexibility index (Phi) is 4.34. The van der Waals surface area contributed by atoms with E-state index in [1.807, 2.05) is 13.2 Å². The number of ether oxygens (including phenoxy) is 1.